The van der Waals surface area contributed by atoms with Gasteiger partial charge in [-0.1, -0.05) is 35.9 Å². The Labute approximate surface area is 95.9 Å². The van der Waals surface area contributed by atoms with Crippen LogP contribution in [0.3, 0.4) is 0 Å². The lowest BCUT2D eigenvalue weighted by Crippen LogP contribution is -2.03. The molecule has 0 saturated heterocycles. The second-order valence-electron chi connectivity index (χ2n) is 3.98. The Morgan fingerprint density at radius 1 is 1.38 bits per heavy atom. The predicted molar refractivity (Wildman–Crippen MR) is 64.0 cm³/mol. The van der Waals surface area contributed by atoms with E-state index in [2.05, 4.69) is 24.3 Å². The molecule has 0 aromatic heterocycles. The number of allylic oxidation sites excluding steroid dienone is 1. The van der Waals surface area contributed by atoms with E-state index in [1.165, 1.54) is 16.7 Å². The first-order valence-corrected chi connectivity index (χ1v) is 5.72. The SMILES string of the molecule is CCOC(=O)CCC1=Cc2ccccc2C1. The van der Waals surface area contributed by atoms with Gasteiger partial charge in [0.2, 0.25) is 0 Å². The maximum atomic E-state index is 11.2. The summed E-state index contributed by atoms with van der Waals surface area (Å²) in [7, 11) is 0. The van der Waals surface area contributed by atoms with E-state index in [9.17, 15) is 4.79 Å². The highest BCUT2D eigenvalue weighted by atomic mass is 16.5. The summed E-state index contributed by atoms with van der Waals surface area (Å²) in [6, 6.07) is 8.36. The molecule has 2 heteroatoms. The second-order valence-corrected chi connectivity index (χ2v) is 3.98. The monoisotopic (exact) mass is 216 g/mol. The smallest absolute Gasteiger partial charge is 0.306 e. The van der Waals surface area contributed by atoms with Gasteiger partial charge in [-0.15, -0.1) is 0 Å². The summed E-state index contributed by atoms with van der Waals surface area (Å²) in [6.07, 6.45) is 4.48. The Kier molecular flexibility index (Phi) is 3.40. The molecule has 0 amide bonds. The number of fused-ring (bicyclic) bond motifs is 1. The van der Waals surface area contributed by atoms with E-state index >= 15 is 0 Å². The Morgan fingerprint density at radius 3 is 2.94 bits per heavy atom. The minimum Gasteiger partial charge on any atom is -0.466 e. The molecule has 2 nitrogen and oxygen atoms in total. The summed E-state index contributed by atoms with van der Waals surface area (Å²) in [5, 5.41) is 0. The van der Waals surface area contributed by atoms with Crippen LogP contribution < -0.4 is 0 Å². The van der Waals surface area contributed by atoms with Crippen molar-refractivity contribution in [2.75, 3.05) is 6.61 Å². The average Bonchev–Trinajstić information content (AvgIpc) is 2.69. The number of ether oxygens (including phenoxy) is 1. The normalized spacial score (nSPS) is 13.2. The summed E-state index contributed by atoms with van der Waals surface area (Å²) in [5.74, 6) is -0.0978. The number of carbonyl (C=O) groups excluding carboxylic acids is 1. The Bertz CT molecular complexity index is 418. The molecule has 0 heterocycles. The van der Waals surface area contributed by atoms with Gasteiger partial charge in [0.15, 0.2) is 0 Å². The van der Waals surface area contributed by atoms with E-state index in [-0.39, 0.29) is 5.97 Å². The van der Waals surface area contributed by atoms with Crippen LogP contribution in [0, 0.1) is 0 Å². The predicted octanol–water partition coefficient (Wildman–Crippen LogP) is 2.97. The Balaban J connectivity index is 1.89. The first kappa shape index (κ1) is 10.9. The molecule has 0 spiro atoms. The van der Waals surface area contributed by atoms with Crippen molar-refractivity contribution < 1.29 is 9.53 Å². The lowest BCUT2D eigenvalue weighted by Gasteiger charge is -2.02. The molecule has 84 valence electrons. The molecule has 0 fully saturated rings. The quantitative estimate of drug-likeness (QED) is 0.723. The molecular weight excluding hydrogens is 200 g/mol. The molecule has 1 aromatic carbocycles. The lowest BCUT2D eigenvalue weighted by atomic mass is 10.1. The first-order chi connectivity index (χ1) is 7.79. The first-order valence-electron chi connectivity index (χ1n) is 5.72. The highest BCUT2D eigenvalue weighted by Gasteiger charge is 2.12. The molecular formula is C14H16O2. The van der Waals surface area contributed by atoms with E-state index in [0.29, 0.717) is 13.0 Å². The van der Waals surface area contributed by atoms with Gasteiger partial charge in [0.1, 0.15) is 0 Å². The van der Waals surface area contributed by atoms with Gasteiger partial charge in [-0.3, -0.25) is 4.79 Å². The van der Waals surface area contributed by atoms with Crippen LogP contribution in [-0.2, 0) is 16.0 Å². The third-order valence-electron chi connectivity index (χ3n) is 2.79. The van der Waals surface area contributed by atoms with Crippen molar-refractivity contribution in [1.29, 1.82) is 0 Å². The largest absolute Gasteiger partial charge is 0.466 e. The number of hydrogen-bond donors (Lipinski definition) is 0. The van der Waals surface area contributed by atoms with Crippen molar-refractivity contribution in [3.8, 4) is 0 Å². The molecule has 1 aliphatic carbocycles. The number of benzene rings is 1. The maximum absolute atomic E-state index is 11.2. The van der Waals surface area contributed by atoms with Crippen LogP contribution in [0.25, 0.3) is 6.08 Å². The van der Waals surface area contributed by atoms with Crippen molar-refractivity contribution in [1.82, 2.24) is 0 Å². The van der Waals surface area contributed by atoms with Gasteiger partial charge in [-0.25, -0.2) is 0 Å². The third kappa shape index (κ3) is 2.51. The van der Waals surface area contributed by atoms with Gasteiger partial charge in [-0.05, 0) is 30.9 Å². The van der Waals surface area contributed by atoms with E-state index in [1.807, 2.05) is 13.0 Å². The zero-order valence-electron chi connectivity index (χ0n) is 9.53. The fourth-order valence-electron chi connectivity index (χ4n) is 2.01. The molecule has 2 rings (SSSR count). The molecule has 0 bridgehead atoms. The molecule has 0 atom stereocenters. The van der Waals surface area contributed by atoms with Crippen LogP contribution in [-0.4, -0.2) is 12.6 Å². The Morgan fingerprint density at radius 2 is 2.19 bits per heavy atom. The number of esters is 1. The van der Waals surface area contributed by atoms with Crippen molar-refractivity contribution in [2.45, 2.75) is 26.2 Å². The summed E-state index contributed by atoms with van der Waals surface area (Å²) in [4.78, 5) is 11.2. The highest BCUT2D eigenvalue weighted by Crippen LogP contribution is 2.27. The lowest BCUT2D eigenvalue weighted by molar-refractivity contribution is -0.143. The molecule has 0 saturated carbocycles. The standard InChI is InChI=1S/C14H16O2/c1-2-16-14(15)8-7-11-9-12-5-3-4-6-13(12)10-11/h3-6,9H,2,7-8,10H2,1H3. The van der Waals surface area contributed by atoms with Crippen LogP contribution in [0.5, 0.6) is 0 Å². The van der Waals surface area contributed by atoms with Crippen LogP contribution in [0.2, 0.25) is 0 Å². The van der Waals surface area contributed by atoms with E-state index in [0.717, 1.165) is 12.8 Å². The fraction of sp³-hybridized carbons (Fsp3) is 0.357. The average molecular weight is 216 g/mol. The molecule has 1 aromatic rings. The summed E-state index contributed by atoms with van der Waals surface area (Å²) in [6.45, 7) is 2.31. The number of rotatable bonds is 4. The van der Waals surface area contributed by atoms with Crippen LogP contribution in [0.15, 0.2) is 29.8 Å². The van der Waals surface area contributed by atoms with Gasteiger partial charge < -0.3 is 4.74 Å². The molecule has 16 heavy (non-hydrogen) atoms. The zero-order chi connectivity index (χ0) is 11.4. The van der Waals surface area contributed by atoms with Gasteiger partial charge in [0, 0.05) is 6.42 Å². The van der Waals surface area contributed by atoms with Crippen LogP contribution >= 0.6 is 0 Å². The van der Waals surface area contributed by atoms with Crippen molar-refractivity contribution >= 4 is 12.0 Å². The Hall–Kier alpha value is -1.57. The van der Waals surface area contributed by atoms with Gasteiger partial charge >= 0.3 is 5.97 Å². The number of hydrogen-bond acceptors (Lipinski definition) is 2. The highest BCUT2D eigenvalue weighted by molar-refractivity contribution is 5.71. The third-order valence-corrected chi connectivity index (χ3v) is 2.79. The molecule has 1 aliphatic rings. The van der Waals surface area contributed by atoms with E-state index in [1.54, 1.807) is 0 Å². The summed E-state index contributed by atoms with van der Waals surface area (Å²) >= 11 is 0. The second kappa shape index (κ2) is 4.97. The minimum atomic E-state index is -0.0978. The maximum Gasteiger partial charge on any atom is 0.306 e. The summed E-state index contributed by atoms with van der Waals surface area (Å²) < 4.78 is 4.91. The molecule has 0 N–H and O–H groups in total. The summed E-state index contributed by atoms with van der Waals surface area (Å²) in [5.41, 5.74) is 3.98. The van der Waals surface area contributed by atoms with Gasteiger partial charge in [-0.2, -0.15) is 0 Å². The van der Waals surface area contributed by atoms with Crippen molar-refractivity contribution in [2.24, 2.45) is 0 Å². The topological polar surface area (TPSA) is 26.3 Å². The fourth-order valence-corrected chi connectivity index (χ4v) is 2.01. The molecule has 0 aliphatic heterocycles. The van der Waals surface area contributed by atoms with Gasteiger partial charge in [0.05, 0.1) is 6.61 Å². The van der Waals surface area contributed by atoms with E-state index < -0.39 is 0 Å². The molecule has 0 unspecified atom stereocenters. The zero-order valence-corrected chi connectivity index (χ0v) is 9.53. The number of carbonyl (C=O) groups is 1. The van der Waals surface area contributed by atoms with Crippen molar-refractivity contribution in [3.63, 3.8) is 0 Å². The van der Waals surface area contributed by atoms with Crippen molar-refractivity contribution in [3.05, 3.63) is 41.0 Å². The molecule has 0 radical (unpaired) electrons. The van der Waals surface area contributed by atoms with Gasteiger partial charge in [0.25, 0.3) is 0 Å². The van der Waals surface area contributed by atoms with Crippen LogP contribution in [0.1, 0.15) is 30.9 Å². The minimum absolute atomic E-state index is 0.0978. The van der Waals surface area contributed by atoms with Crippen LogP contribution in [0.4, 0.5) is 0 Å². The van der Waals surface area contributed by atoms with E-state index in [4.69, 9.17) is 4.74 Å².